The Kier molecular flexibility index (Phi) is 4.46. The molecule has 0 atom stereocenters. The molecular weight excluding hydrogens is 309 g/mol. The first kappa shape index (κ1) is 16.0. The van der Waals surface area contributed by atoms with Gasteiger partial charge in [-0.1, -0.05) is 6.07 Å². The Morgan fingerprint density at radius 1 is 1.17 bits per heavy atom. The van der Waals surface area contributed by atoms with E-state index in [9.17, 15) is 14.0 Å². The summed E-state index contributed by atoms with van der Waals surface area (Å²) in [5.41, 5.74) is 2.73. The summed E-state index contributed by atoms with van der Waals surface area (Å²) >= 11 is 0. The van der Waals surface area contributed by atoms with Crippen molar-refractivity contribution in [3.8, 4) is 0 Å². The van der Waals surface area contributed by atoms with Crippen LogP contribution in [0.25, 0.3) is 0 Å². The minimum atomic E-state index is -0.355. The van der Waals surface area contributed by atoms with Crippen molar-refractivity contribution in [3.63, 3.8) is 0 Å². The molecule has 24 heavy (non-hydrogen) atoms. The topological polar surface area (TPSA) is 61.4 Å². The van der Waals surface area contributed by atoms with E-state index in [4.69, 9.17) is 0 Å². The van der Waals surface area contributed by atoms with Crippen LogP contribution in [-0.2, 0) is 6.42 Å². The lowest BCUT2D eigenvalue weighted by molar-refractivity contribution is 0.0955. The maximum atomic E-state index is 12.9. The van der Waals surface area contributed by atoms with Gasteiger partial charge >= 0.3 is 6.03 Å². The Morgan fingerprint density at radius 3 is 2.62 bits per heavy atom. The molecule has 3 rings (SSSR count). The number of urea groups is 1. The van der Waals surface area contributed by atoms with E-state index in [1.54, 1.807) is 17.0 Å². The number of rotatable bonds is 3. The van der Waals surface area contributed by atoms with E-state index in [1.165, 1.54) is 24.3 Å². The number of benzene rings is 2. The molecule has 0 bridgehead atoms. The van der Waals surface area contributed by atoms with Crippen molar-refractivity contribution in [2.24, 2.45) is 0 Å². The number of nitrogens with zero attached hydrogens (tertiary/aromatic N) is 1. The molecule has 0 fully saturated rings. The number of fused-ring (bicyclic) bond motifs is 1. The molecule has 0 spiro atoms. The van der Waals surface area contributed by atoms with Crippen LogP contribution < -0.4 is 15.5 Å². The zero-order valence-corrected chi connectivity index (χ0v) is 13.3. The molecule has 0 unspecified atom stereocenters. The van der Waals surface area contributed by atoms with Crippen molar-refractivity contribution in [2.75, 3.05) is 23.3 Å². The van der Waals surface area contributed by atoms with Crippen molar-refractivity contribution >= 4 is 23.3 Å². The first-order valence-electron chi connectivity index (χ1n) is 7.84. The van der Waals surface area contributed by atoms with Crippen LogP contribution >= 0.6 is 0 Å². The summed E-state index contributed by atoms with van der Waals surface area (Å²) in [6, 6.07) is 10.7. The first-order valence-corrected chi connectivity index (χ1v) is 7.84. The normalized spacial score (nSPS) is 12.7. The van der Waals surface area contributed by atoms with Crippen LogP contribution in [0.15, 0.2) is 42.5 Å². The second-order valence-corrected chi connectivity index (χ2v) is 5.50. The van der Waals surface area contributed by atoms with Gasteiger partial charge in [0, 0.05) is 30.0 Å². The van der Waals surface area contributed by atoms with Crippen LogP contribution in [0.4, 0.5) is 20.6 Å². The van der Waals surface area contributed by atoms with Crippen molar-refractivity contribution in [1.29, 1.82) is 0 Å². The average Bonchev–Trinajstić information content (AvgIpc) is 3.01. The van der Waals surface area contributed by atoms with Gasteiger partial charge in [-0.05, 0) is 55.3 Å². The zero-order valence-electron chi connectivity index (χ0n) is 13.3. The van der Waals surface area contributed by atoms with Gasteiger partial charge < -0.3 is 10.6 Å². The zero-order chi connectivity index (χ0) is 17.1. The van der Waals surface area contributed by atoms with Crippen LogP contribution in [-0.4, -0.2) is 25.0 Å². The molecule has 0 aliphatic carbocycles. The van der Waals surface area contributed by atoms with Crippen LogP contribution in [0.2, 0.25) is 0 Å². The van der Waals surface area contributed by atoms with E-state index in [0.717, 1.165) is 11.3 Å². The molecule has 1 aliphatic heterocycles. The van der Waals surface area contributed by atoms with Gasteiger partial charge in [-0.25, -0.2) is 9.18 Å². The smallest absolute Gasteiger partial charge is 0.326 e. The highest BCUT2D eigenvalue weighted by molar-refractivity contribution is 6.05. The van der Waals surface area contributed by atoms with Gasteiger partial charge in [0.05, 0.1) is 0 Å². The Morgan fingerprint density at radius 2 is 1.92 bits per heavy atom. The van der Waals surface area contributed by atoms with E-state index in [0.29, 0.717) is 30.8 Å². The predicted molar refractivity (Wildman–Crippen MR) is 90.9 cm³/mol. The highest BCUT2D eigenvalue weighted by Crippen LogP contribution is 2.31. The molecule has 2 N–H and O–H groups in total. The fourth-order valence-corrected chi connectivity index (χ4v) is 2.84. The Bertz CT molecular complexity index is 774. The molecule has 1 heterocycles. The monoisotopic (exact) mass is 327 g/mol. The number of carbonyl (C=O) groups is 2. The SMILES string of the molecule is CCNC(=O)c1cccc2c1CCN2C(=O)Nc1ccc(F)cc1. The number of hydrogen-bond donors (Lipinski definition) is 2. The molecule has 2 aromatic rings. The van der Waals surface area contributed by atoms with Gasteiger partial charge in [-0.2, -0.15) is 0 Å². The summed E-state index contributed by atoms with van der Waals surface area (Å²) in [6.45, 7) is 2.92. The van der Waals surface area contributed by atoms with E-state index in [-0.39, 0.29) is 17.8 Å². The number of carbonyl (C=O) groups excluding carboxylic acids is 2. The quantitative estimate of drug-likeness (QED) is 0.909. The molecule has 2 aromatic carbocycles. The summed E-state index contributed by atoms with van der Waals surface area (Å²) < 4.78 is 12.9. The summed E-state index contributed by atoms with van der Waals surface area (Å²) in [6.07, 6.45) is 0.624. The Balaban J connectivity index is 1.81. The number of anilines is 2. The average molecular weight is 327 g/mol. The van der Waals surface area contributed by atoms with Gasteiger partial charge in [0.2, 0.25) is 0 Å². The fourth-order valence-electron chi connectivity index (χ4n) is 2.84. The molecule has 0 radical (unpaired) electrons. The highest BCUT2D eigenvalue weighted by Gasteiger charge is 2.28. The molecule has 5 nitrogen and oxygen atoms in total. The van der Waals surface area contributed by atoms with Crippen molar-refractivity contribution in [1.82, 2.24) is 5.32 Å². The lowest BCUT2D eigenvalue weighted by Crippen LogP contribution is -2.33. The highest BCUT2D eigenvalue weighted by atomic mass is 19.1. The third-order valence-electron chi connectivity index (χ3n) is 3.95. The molecular formula is C18H18FN3O2. The molecule has 0 saturated heterocycles. The number of hydrogen-bond acceptors (Lipinski definition) is 2. The maximum Gasteiger partial charge on any atom is 0.326 e. The van der Waals surface area contributed by atoms with E-state index < -0.39 is 0 Å². The third-order valence-corrected chi connectivity index (χ3v) is 3.95. The van der Waals surface area contributed by atoms with E-state index in [2.05, 4.69) is 10.6 Å². The van der Waals surface area contributed by atoms with Crippen LogP contribution in [0.1, 0.15) is 22.8 Å². The molecule has 6 heteroatoms. The summed E-state index contributed by atoms with van der Waals surface area (Å²) in [7, 11) is 0. The standard InChI is InChI=1S/C18H18FN3O2/c1-2-20-17(23)15-4-3-5-16-14(15)10-11-22(16)18(24)21-13-8-6-12(19)7-9-13/h3-9H,2,10-11H2,1H3,(H,20,23)(H,21,24). The Labute approximate surface area is 139 Å². The molecule has 0 saturated carbocycles. The second kappa shape index (κ2) is 6.70. The fraction of sp³-hybridized carbons (Fsp3) is 0.222. The number of amides is 3. The lowest BCUT2D eigenvalue weighted by atomic mass is 10.0. The van der Waals surface area contributed by atoms with Gasteiger partial charge in [0.25, 0.3) is 5.91 Å². The molecule has 1 aliphatic rings. The molecule has 124 valence electrons. The third kappa shape index (κ3) is 3.08. The Hall–Kier alpha value is -2.89. The molecule has 3 amide bonds. The van der Waals surface area contributed by atoms with Crippen LogP contribution in [0.5, 0.6) is 0 Å². The van der Waals surface area contributed by atoms with Crippen molar-refractivity contribution < 1.29 is 14.0 Å². The number of nitrogens with one attached hydrogen (secondary N) is 2. The van der Waals surface area contributed by atoms with E-state index >= 15 is 0 Å². The largest absolute Gasteiger partial charge is 0.352 e. The van der Waals surface area contributed by atoms with Crippen molar-refractivity contribution in [3.05, 3.63) is 59.4 Å². The van der Waals surface area contributed by atoms with Crippen LogP contribution in [0.3, 0.4) is 0 Å². The first-order chi connectivity index (χ1) is 11.6. The van der Waals surface area contributed by atoms with Gasteiger partial charge in [-0.15, -0.1) is 0 Å². The van der Waals surface area contributed by atoms with Gasteiger partial charge in [-0.3, -0.25) is 9.69 Å². The number of halogens is 1. The molecule has 0 aromatic heterocycles. The predicted octanol–water partition coefficient (Wildman–Crippen LogP) is 3.17. The second-order valence-electron chi connectivity index (χ2n) is 5.50. The summed E-state index contributed by atoms with van der Waals surface area (Å²) in [4.78, 5) is 26.2. The lowest BCUT2D eigenvalue weighted by Gasteiger charge is -2.18. The minimum Gasteiger partial charge on any atom is -0.352 e. The van der Waals surface area contributed by atoms with Crippen molar-refractivity contribution in [2.45, 2.75) is 13.3 Å². The summed E-state index contributed by atoms with van der Waals surface area (Å²) in [5, 5.41) is 5.53. The maximum absolute atomic E-state index is 12.9. The van der Waals surface area contributed by atoms with Gasteiger partial charge in [0.1, 0.15) is 5.82 Å². The van der Waals surface area contributed by atoms with Gasteiger partial charge in [0.15, 0.2) is 0 Å². The van der Waals surface area contributed by atoms with E-state index in [1.807, 2.05) is 13.0 Å². The minimum absolute atomic E-state index is 0.129. The summed E-state index contributed by atoms with van der Waals surface area (Å²) in [5.74, 6) is -0.485. The van der Waals surface area contributed by atoms with Crippen LogP contribution in [0, 0.1) is 5.82 Å².